The Bertz CT molecular complexity index is 995. The Morgan fingerprint density at radius 2 is 1.87 bits per heavy atom. The van der Waals surface area contributed by atoms with Gasteiger partial charge in [-0.25, -0.2) is 4.39 Å². The predicted molar refractivity (Wildman–Crippen MR) is 112 cm³/mol. The summed E-state index contributed by atoms with van der Waals surface area (Å²) < 4.78 is 53.9. The maximum Gasteiger partial charge on any atom is 0.416 e. The fraction of sp³-hybridized carbons (Fsp3) is 0.348. The number of nitrogens with zero attached hydrogens (tertiary/aromatic N) is 1. The highest BCUT2D eigenvalue weighted by atomic mass is 19.4. The molecule has 2 aromatic carbocycles. The molecule has 4 rings (SSSR count). The maximum atomic E-state index is 13.8. The molecule has 1 saturated heterocycles. The van der Waals surface area contributed by atoms with E-state index in [0.717, 1.165) is 44.5 Å². The second-order valence-corrected chi connectivity index (χ2v) is 7.83. The summed E-state index contributed by atoms with van der Waals surface area (Å²) in [4.78, 5) is 14.4. The molecule has 2 N–H and O–H groups in total. The molecule has 31 heavy (non-hydrogen) atoms. The number of anilines is 2. The first kappa shape index (κ1) is 21.4. The number of amides is 1. The van der Waals surface area contributed by atoms with Crippen LogP contribution >= 0.6 is 0 Å². The lowest BCUT2D eigenvalue weighted by Gasteiger charge is -2.33. The van der Waals surface area contributed by atoms with Gasteiger partial charge in [-0.2, -0.15) is 13.2 Å². The molecule has 2 aliphatic heterocycles. The van der Waals surface area contributed by atoms with Gasteiger partial charge in [-0.3, -0.25) is 4.79 Å². The van der Waals surface area contributed by atoms with Crippen LogP contribution in [0.25, 0.3) is 5.57 Å². The van der Waals surface area contributed by atoms with Gasteiger partial charge in [-0.05, 0) is 68.8 Å². The standard InChI is InChI=1S/C23H23F4N3O/c24-16-7-8-21-19(13-16)20(22(31)29-21)14-30(17-5-1-2-10-28-11-9-17)18-6-3-4-15(12-18)23(25,26)27/h3-4,6-8,12-14,17,28H,1-2,5,9-11H2,(H,29,31)/b20-14+. The normalized spacial score (nSPS) is 20.7. The SMILES string of the molecule is O=C1Nc2ccc(F)cc2/C1=C\N(c1cccc(C(F)(F)F)c1)C1CCCCNCC1. The van der Waals surface area contributed by atoms with Gasteiger partial charge in [-0.1, -0.05) is 12.5 Å². The molecule has 0 spiro atoms. The Labute approximate surface area is 177 Å². The molecule has 4 nitrogen and oxygen atoms in total. The minimum Gasteiger partial charge on any atom is -0.344 e. The first-order valence-corrected chi connectivity index (χ1v) is 10.3. The van der Waals surface area contributed by atoms with Gasteiger partial charge in [0, 0.05) is 29.2 Å². The topological polar surface area (TPSA) is 44.4 Å². The molecule has 0 bridgehead atoms. The van der Waals surface area contributed by atoms with Crippen LogP contribution in [-0.4, -0.2) is 25.0 Å². The third-order valence-corrected chi connectivity index (χ3v) is 5.69. The molecular formula is C23H23F4N3O. The van der Waals surface area contributed by atoms with Gasteiger partial charge in [0.15, 0.2) is 0 Å². The molecule has 2 aliphatic rings. The Hall–Kier alpha value is -2.87. The van der Waals surface area contributed by atoms with Crippen molar-refractivity contribution in [2.45, 2.75) is 37.9 Å². The number of hydrogen-bond acceptors (Lipinski definition) is 3. The highest BCUT2D eigenvalue weighted by molar-refractivity contribution is 6.31. The van der Waals surface area contributed by atoms with Crippen LogP contribution in [0.3, 0.4) is 0 Å². The van der Waals surface area contributed by atoms with E-state index in [1.54, 1.807) is 17.2 Å². The quantitative estimate of drug-likeness (QED) is 0.518. The van der Waals surface area contributed by atoms with Gasteiger partial charge in [0.1, 0.15) is 5.82 Å². The molecule has 8 heteroatoms. The average Bonchev–Trinajstić information content (AvgIpc) is 3.00. The summed E-state index contributed by atoms with van der Waals surface area (Å²) in [6.07, 6.45) is 0.461. The van der Waals surface area contributed by atoms with Crippen molar-refractivity contribution in [2.75, 3.05) is 23.3 Å². The van der Waals surface area contributed by atoms with Crippen molar-refractivity contribution < 1.29 is 22.4 Å². The molecule has 0 saturated carbocycles. The predicted octanol–water partition coefficient (Wildman–Crippen LogP) is 5.18. The zero-order valence-electron chi connectivity index (χ0n) is 16.8. The van der Waals surface area contributed by atoms with E-state index < -0.39 is 23.5 Å². The number of carbonyl (C=O) groups excluding carboxylic acids is 1. The van der Waals surface area contributed by atoms with E-state index in [4.69, 9.17) is 0 Å². The van der Waals surface area contributed by atoms with Crippen LogP contribution in [0.15, 0.2) is 48.7 Å². The number of halogens is 4. The summed E-state index contributed by atoms with van der Waals surface area (Å²) in [6.45, 7) is 1.63. The molecule has 2 heterocycles. The summed E-state index contributed by atoms with van der Waals surface area (Å²) >= 11 is 0. The van der Waals surface area contributed by atoms with Crippen LogP contribution in [0.4, 0.5) is 28.9 Å². The number of fused-ring (bicyclic) bond motifs is 1. The van der Waals surface area contributed by atoms with E-state index >= 15 is 0 Å². The first-order chi connectivity index (χ1) is 14.8. The van der Waals surface area contributed by atoms with Crippen molar-refractivity contribution in [3.8, 4) is 0 Å². The van der Waals surface area contributed by atoms with E-state index in [1.165, 1.54) is 24.3 Å². The summed E-state index contributed by atoms with van der Waals surface area (Å²) in [6, 6.07) is 9.01. The molecule has 2 aromatic rings. The molecule has 0 aliphatic carbocycles. The fourth-order valence-corrected chi connectivity index (χ4v) is 4.11. The van der Waals surface area contributed by atoms with Crippen LogP contribution in [0.2, 0.25) is 0 Å². The summed E-state index contributed by atoms with van der Waals surface area (Å²) in [7, 11) is 0. The Balaban J connectivity index is 1.79. The number of nitrogens with one attached hydrogen (secondary N) is 2. The second-order valence-electron chi connectivity index (χ2n) is 7.83. The highest BCUT2D eigenvalue weighted by Gasteiger charge is 2.32. The van der Waals surface area contributed by atoms with Crippen molar-refractivity contribution in [3.05, 3.63) is 65.6 Å². The molecule has 0 aromatic heterocycles. The van der Waals surface area contributed by atoms with Crippen LogP contribution in [-0.2, 0) is 11.0 Å². The van der Waals surface area contributed by atoms with Crippen LogP contribution in [0.1, 0.15) is 36.8 Å². The van der Waals surface area contributed by atoms with Gasteiger partial charge in [0.25, 0.3) is 5.91 Å². The van der Waals surface area contributed by atoms with Gasteiger partial charge in [0.05, 0.1) is 11.1 Å². The minimum absolute atomic E-state index is 0.103. The van der Waals surface area contributed by atoms with Crippen molar-refractivity contribution in [2.24, 2.45) is 0 Å². The molecule has 164 valence electrons. The Kier molecular flexibility index (Phi) is 6.00. The lowest BCUT2D eigenvalue weighted by atomic mass is 10.0. The minimum atomic E-state index is -4.47. The molecular weight excluding hydrogens is 410 g/mol. The molecule has 1 amide bonds. The fourth-order valence-electron chi connectivity index (χ4n) is 4.11. The molecule has 1 unspecified atom stereocenters. The zero-order chi connectivity index (χ0) is 22.0. The average molecular weight is 433 g/mol. The smallest absolute Gasteiger partial charge is 0.344 e. The first-order valence-electron chi connectivity index (χ1n) is 10.3. The Morgan fingerprint density at radius 3 is 2.68 bits per heavy atom. The molecule has 0 radical (unpaired) electrons. The Morgan fingerprint density at radius 1 is 1.03 bits per heavy atom. The summed E-state index contributed by atoms with van der Waals surface area (Å²) in [5.74, 6) is -0.886. The van der Waals surface area contributed by atoms with Crippen LogP contribution in [0.5, 0.6) is 0 Å². The lowest BCUT2D eigenvalue weighted by molar-refractivity contribution is -0.137. The largest absolute Gasteiger partial charge is 0.416 e. The van der Waals surface area contributed by atoms with E-state index in [0.29, 0.717) is 23.4 Å². The van der Waals surface area contributed by atoms with Crippen molar-refractivity contribution in [1.82, 2.24) is 5.32 Å². The van der Waals surface area contributed by atoms with Crippen LogP contribution in [0, 0.1) is 5.82 Å². The van der Waals surface area contributed by atoms with E-state index in [-0.39, 0.29) is 11.6 Å². The number of benzene rings is 2. The van der Waals surface area contributed by atoms with Gasteiger partial charge in [0.2, 0.25) is 0 Å². The summed E-state index contributed by atoms with van der Waals surface area (Å²) in [5.41, 5.74) is 0.735. The van der Waals surface area contributed by atoms with Gasteiger partial charge < -0.3 is 15.5 Å². The van der Waals surface area contributed by atoms with E-state index in [2.05, 4.69) is 10.6 Å². The zero-order valence-corrected chi connectivity index (χ0v) is 16.8. The monoisotopic (exact) mass is 433 g/mol. The van der Waals surface area contributed by atoms with E-state index in [1.807, 2.05) is 0 Å². The highest BCUT2D eigenvalue weighted by Crippen LogP contribution is 2.36. The molecule has 1 fully saturated rings. The van der Waals surface area contributed by atoms with Crippen LogP contribution < -0.4 is 15.5 Å². The summed E-state index contributed by atoms with van der Waals surface area (Å²) in [5, 5.41) is 6.03. The van der Waals surface area contributed by atoms with Crippen molar-refractivity contribution in [1.29, 1.82) is 0 Å². The third-order valence-electron chi connectivity index (χ3n) is 5.69. The number of alkyl halides is 3. The number of rotatable bonds is 3. The number of carbonyl (C=O) groups is 1. The van der Waals surface area contributed by atoms with Gasteiger partial charge in [-0.15, -0.1) is 0 Å². The second kappa shape index (κ2) is 8.70. The third kappa shape index (κ3) is 4.74. The number of hydrogen-bond donors (Lipinski definition) is 2. The lowest BCUT2D eigenvalue weighted by Crippen LogP contribution is -2.36. The van der Waals surface area contributed by atoms with Gasteiger partial charge >= 0.3 is 6.18 Å². The van der Waals surface area contributed by atoms with Crippen molar-refractivity contribution in [3.63, 3.8) is 0 Å². The van der Waals surface area contributed by atoms with Crippen molar-refractivity contribution >= 4 is 22.9 Å². The van der Waals surface area contributed by atoms with E-state index in [9.17, 15) is 22.4 Å². The molecule has 1 atom stereocenters. The maximum absolute atomic E-state index is 13.8.